The molecule has 1 aromatic heterocycles. The standard InChI is InChI=1S/C10H11F3N2OS/c1-7(16)14-4-5-17-9-6-8(2-3-15-9)10(11,12)13/h2-3,6H,4-5H2,1H3,(H,14,16). The Balaban J connectivity index is 2.52. The van der Waals surface area contributed by atoms with Crippen molar-refractivity contribution in [2.75, 3.05) is 12.3 Å². The lowest BCUT2D eigenvalue weighted by Crippen LogP contribution is -2.22. The van der Waals surface area contributed by atoms with Gasteiger partial charge in [0.2, 0.25) is 5.91 Å². The maximum atomic E-state index is 12.4. The minimum atomic E-state index is -4.35. The maximum Gasteiger partial charge on any atom is 0.416 e. The first kappa shape index (κ1) is 13.8. The highest BCUT2D eigenvalue weighted by Gasteiger charge is 2.30. The summed E-state index contributed by atoms with van der Waals surface area (Å²) in [4.78, 5) is 14.4. The van der Waals surface area contributed by atoms with Gasteiger partial charge >= 0.3 is 6.18 Å². The van der Waals surface area contributed by atoms with E-state index in [0.717, 1.165) is 18.3 Å². The normalized spacial score (nSPS) is 11.3. The molecule has 0 saturated carbocycles. The first-order chi connectivity index (χ1) is 7.89. The summed E-state index contributed by atoms with van der Waals surface area (Å²) in [7, 11) is 0. The lowest BCUT2D eigenvalue weighted by molar-refractivity contribution is -0.137. The van der Waals surface area contributed by atoms with Crippen molar-refractivity contribution in [2.45, 2.75) is 18.1 Å². The Labute approximate surface area is 101 Å². The Morgan fingerprint density at radius 2 is 2.24 bits per heavy atom. The molecule has 0 saturated heterocycles. The van der Waals surface area contributed by atoms with Crippen LogP contribution < -0.4 is 5.32 Å². The number of alkyl halides is 3. The number of thioether (sulfide) groups is 1. The van der Waals surface area contributed by atoms with Gasteiger partial charge < -0.3 is 5.32 Å². The third-order valence-corrected chi connectivity index (χ3v) is 2.72. The van der Waals surface area contributed by atoms with Gasteiger partial charge in [-0.3, -0.25) is 4.79 Å². The summed E-state index contributed by atoms with van der Waals surface area (Å²) < 4.78 is 37.1. The number of rotatable bonds is 4. The summed E-state index contributed by atoms with van der Waals surface area (Å²) in [5.74, 6) is 0.316. The number of carbonyl (C=O) groups excluding carboxylic acids is 1. The third-order valence-electron chi connectivity index (χ3n) is 1.79. The zero-order valence-corrected chi connectivity index (χ0v) is 9.86. The van der Waals surface area contributed by atoms with Crippen LogP contribution in [0.5, 0.6) is 0 Å². The molecule has 0 fully saturated rings. The average Bonchev–Trinajstić information content (AvgIpc) is 2.23. The molecule has 1 aromatic rings. The lowest BCUT2D eigenvalue weighted by atomic mass is 10.3. The number of nitrogens with one attached hydrogen (secondary N) is 1. The predicted octanol–water partition coefficient (Wildman–Crippen LogP) is 2.33. The summed E-state index contributed by atoms with van der Waals surface area (Å²) in [6.07, 6.45) is -3.22. The Morgan fingerprint density at radius 1 is 1.53 bits per heavy atom. The van der Waals surface area contributed by atoms with Crippen LogP contribution in [0, 0.1) is 0 Å². The quantitative estimate of drug-likeness (QED) is 0.670. The molecule has 0 aromatic carbocycles. The van der Waals surface area contributed by atoms with Gasteiger partial charge in [-0.25, -0.2) is 4.98 Å². The van der Waals surface area contributed by atoms with E-state index >= 15 is 0 Å². The molecule has 0 unspecified atom stereocenters. The molecule has 94 valence electrons. The minimum absolute atomic E-state index is 0.164. The van der Waals surface area contributed by atoms with E-state index in [1.165, 1.54) is 18.7 Å². The van der Waals surface area contributed by atoms with Crippen molar-refractivity contribution in [1.29, 1.82) is 0 Å². The van der Waals surface area contributed by atoms with E-state index in [-0.39, 0.29) is 5.91 Å². The van der Waals surface area contributed by atoms with Gasteiger partial charge in [0.05, 0.1) is 10.6 Å². The van der Waals surface area contributed by atoms with E-state index < -0.39 is 11.7 Å². The van der Waals surface area contributed by atoms with Gasteiger partial charge in [0.15, 0.2) is 0 Å². The van der Waals surface area contributed by atoms with Crippen molar-refractivity contribution < 1.29 is 18.0 Å². The van der Waals surface area contributed by atoms with Crippen molar-refractivity contribution in [3.63, 3.8) is 0 Å². The van der Waals surface area contributed by atoms with Crippen LogP contribution in [0.25, 0.3) is 0 Å². The molecule has 0 aliphatic carbocycles. The third kappa shape index (κ3) is 5.08. The van der Waals surface area contributed by atoms with Crippen LogP contribution in [0.1, 0.15) is 12.5 Å². The second-order valence-corrected chi connectivity index (χ2v) is 4.33. The topological polar surface area (TPSA) is 42.0 Å². The van der Waals surface area contributed by atoms with Crippen molar-refractivity contribution in [2.24, 2.45) is 0 Å². The number of carbonyl (C=O) groups is 1. The van der Waals surface area contributed by atoms with Crippen LogP contribution in [-0.4, -0.2) is 23.2 Å². The maximum absolute atomic E-state index is 12.4. The fraction of sp³-hybridized carbons (Fsp3) is 0.400. The van der Waals surface area contributed by atoms with Gasteiger partial charge in [0.1, 0.15) is 0 Å². The van der Waals surface area contributed by atoms with Crippen LogP contribution >= 0.6 is 11.8 Å². The molecule has 0 radical (unpaired) electrons. The zero-order valence-electron chi connectivity index (χ0n) is 9.04. The molecule has 0 spiro atoms. The molecule has 7 heteroatoms. The van der Waals surface area contributed by atoms with Gasteiger partial charge in [-0.15, -0.1) is 11.8 Å². The van der Waals surface area contributed by atoms with Gasteiger partial charge in [0.25, 0.3) is 0 Å². The SMILES string of the molecule is CC(=O)NCCSc1cc(C(F)(F)F)ccn1. The van der Waals surface area contributed by atoms with E-state index in [4.69, 9.17) is 0 Å². The summed E-state index contributed by atoms with van der Waals surface area (Å²) in [5, 5.41) is 2.85. The molecule has 0 bridgehead atoms. The van der Waals surface area contributed by atoms with Crippen LogP contribution in [0.3, 0.4) is 0 Å². The van der Waals surface area contributed by atoms with E-state index in [1.54, 1.807) is 0 Å². The number of nitrogens with zero attached hydrogens (tertiary/aromatic N) is 1. The van der Waals surface area contributed by atoms with Gasteiger partial charge in [-0.2, -0.15) is 13.2 Å². The fourth-order valence-electron chi connectivity index (χ4n) is 1.05. The number of halogens is 3. The Morgan fingerprint density at radius 3 is 2.82 bits per heavy atom. The van der Waals surface area contributed by atoms with Gasteiger partial charge in [-0.05, 0) is 12.1 Å². The van der Waals surface area contributed by atoms with E-state index in [9.17, 15) is 18.0 Å². The van der Waals surface area contributed by atoms with E-state index in [1.807, 2.05) is 0 Å². The smallest absolute Gasteiger partial charge is 0.356 e. The molecule has 17 heavy (non-hydrogen) atoms. The number of pyridine rings is 1. The average molecular weight is 264 g/mol. The first-order valence-corrected chi connectivity index (χ1v) is 5.78. The number of hydrogen-bond acceptors (Lipinski definition) is 3. The molecule has 1 rings (SSSR count). The van der Waals surface area contributed by atoms with Crippen molar-refractivity contribution in [3.8, 4) is 0 Å². The Hall–Kier alpha value is -1.24. The largest absolute Gasteiger partial charge is 0.416 e. The Bertz CT molecular complexity index is 395. The van der Waals surface area contributed by atoms with Crippen molar-refractivity contribution in [3.05, 3.63) is 23.9 Å². The second-order valence-electron chi connectivity index (χ2n) is 3.21. The van der Waals surface area contributed by atoms with Crippen LogP contribution in [0.4, 0.5) is 13.2 Å². The molecule has 1 heterocycles. The molecule has 0 aliphatic rings. The van der Waals surface area contributed by atoms with E-state index in [2.05, 4.69) is 10.3 Å². The highest BCUT2D eigenvalue weighted by molar-refractivity contribution is 7.99. The van der Waals surface area contributed by atoms with Crippen molar-refractivity contribution in [1.82, 2.24) is 10.3 Å². The number of amides is 1. The molecule has 1 N–H and O–H groups in total. The highest BCUT2D eigenvalue weighted by Crippen LogP contribution is 2.30. The number of hydrogen-bond donors (Lipinski definition) is 1. The second kappa shape index (κ2) is 5.90. The molecule has 1 amide bonds. The molecule has 3 nitrogen and oxygen atoms in total. The fourth-order valence-corrected chi connectivity index (χ4v) is 1.81. The first-order valence-electron chi connectivity index (χ1n) is 4.80. The molecular weight excluding hydrogens is 253 g/mol. The lowest BCUT2D eigenvalue weighted by Gasteiger charge is -2.07. The Kier molecular flexibility index (Phi) is 4.80. The summed E-state index contributed by atoms with van der Waals surface area (Å²) in [6.45, 7) is 1.78. The summed E-state index contributed by atoms with van der Waals surface area (Å²) in [5.41, 5.74) is -0.713. The van der Waals surface area contributed by atoms with Crippen LogP contribution in [-0.2, 0) is 11.0 Å². The molecule has 0 atom stereocenters. The van der Waals surface area contributed by atoms with Crippen molar-refractivity contribution >= 4 is 17.7 Å². The predicted molar refractivity (Wildman–Crippen MR) is 58.6 cm³/mol. The van der Waals surface area contributed by atoms with Crippen LogP contribution in [0.15, 0.2) is 23.4 Å². The van der Waals surface area contributed by atoms with Gasteiger partial charge in [-0.1, -0.05) is 0 Å². The summed E-state index contributed by atoms with van der Waals surface area (Å²) in [6, 6.07) is 1.93. The molecular formula is C10H11F3N2OS. The monoisotopic (exact) mass is 264 g/mol. The minimum Gasteiger partial charge on any atom is -0.356 e. The summed E-state index contributed by atoms with van der Waals surface area (Å²) >= 11 is 1.17. The highest BCUT2D eigenvalue weighted by atomic mass is 32.2. The number of aromatic nitrogens is 1. The zero-order chi connectivity index (χ0) is 12.9. The van der Waals surface area contributed by atoms with E-state index in [0.29, 0.717) is 17.3 Å². The van der Waals surface area contributed by atoms with Gasteiger partial charge in [0, 0.05) is 25.4 Å². The molecule has 0 aliphatic heterocycles. The van der Waals surface area contributed by atoms with Crippen LogP contribution in [0.2, 0.25) is 0 Å².